The van der Waals surface area contributed by atoms with E-state index in [-0.39, 0.29) is 0 Å². The summed E-state index contributed by atoms with van der Waals surface area (Å²) in [5.74, 6) is -2.64. The Hall–Kier alpha value is -1.54. The van der Waals surface area contributed by atoms with Crippen molar-refractivity contribution in [3.8, 4) is 0 Å². The highest BCUT2D eigenvalue weighted by molar-refractivity contribution is 8.02. The van der Waals surface area contributed by atoms with Crippen molar-refractivity contribution in [2.24, 2.45) is 5.41 Å². The average molecular weight is 331 g/mol. The third-order valence-corrected chi connectivity index (χ3v) is 5.15. The lowest BCUT2D eigenvalue weighted by Crippen LogP contribution is -2.67. The predicted octanol–water partition coefficient (Wildman–Crippen LogP) is 1.13. The first-order valence-electron chi connectivity index (χ1n) is 6.57. The van der Waals surface area contributed by atoms with E-state index in [2.05, 4.69) is 6.58 Å². The zero-order valence-corrected chi connectivity index (χ0v) is 14.0. The molecule has 2 rings (SSSR count). The van der Waals surface area contributed by atoms with Crippen LogP contribution in [0.5, 0.6) is 0 Å². The van der Waals surface area contributed by atoms with Gasteiger partial charge in [-0.05, 0) is 34.6 Å². The van der Waals surface area contributed by atoms with Crippen molar-refractivity contribution in [2.75, 3.05) is 0 Å². The maximum Gasteiger partial charge on any atom is 0.359 e. The SMILES string of the molecule is C=C1C(=O)N2[C@@H]1SC(C)(C)[C@@]2(O)C(=O)O.CC(C)(C)C(=O)O. The molecule has 0 unspecified atom stereocenters. The Bertz CT molecular complexity index is 550. The molecule has 0 spiro atoms. The minimum Gasteiger partial charge on any atom is -0.481 e. The number of β-lactam (4-membered cyclic amide) rings is 1. The summed E-state index contributed by atoms with van der Waals surface area (Å²) in [5.41, 5.74) is -2.37. The van der Waals surface area contributed by atoms with E-state index in [0.29, 0.717) is 5.57 Å². The van der Waals surface area contributed by atoms with Crippen LogP contribution in [0.25, 0.3) is 0 Å². The molecule has 1 amide bonds. The van der Waals surface area contributed by atoms with E-state index in [4.69, 9.17) is 10.2 Å². The smallest absolute Gasteiger partial charge is 0.359 e. The van der Waals surface area contributed by atoms with Crippen molar-refractivity contribution in [1.29, 1.82) is 0 Å². The first-order chi connectivity index (χ1) is 9.68. The van der Waals surface area contributed by atoms with E-state index in [1.165, 1.54) is 11.8 Å². The van der Waals surface area contributed by atoms with Crippen LogP contribution in [-0.2, 0) is 14.4 Å². The summed E-state index contributed by atoms with van der Waals surface area (Å²) in [7, 11) is 0. The number of hydrogen-bond donors (Lipinski definition) is 3. The van der Waals surface area contributed by atoms with Gasteiger partial charge in [0.2, 0.25) is 0 Å². The van der Waals surface area contributed by atoms with Gasteiger partial charge in [0.25, 0.3) is 11.6 Å². The number of carboxylic acid groups (broad SMARTS) is 2. The van der Waals surface area contributed by atoms with Gasteiger partial charge in [0, 0.05) is 5.57 Å². The highest BCUT2D eigenvalue weighted by Crippen LogP contribution is 2.56. The highest BCUT2D eigenvalue weighted by atomic mass is 32.2. The van der Waals surface area contributed by atoms with Crippen molar-refractivity contribution >= 4 is 29.6 Å². The minimum atomic E-state index is -2.14. The second-order valence-electron chi connectivity index (χ2n) is 6.71. The summed E-state index contributed by atoms with van der Waals surface area (Å²) < 4.78 is -0.946. The molecule has 8 heteroatoms. The molecule has 0 aromatic heterocycles. The fraction of sp³-hybridized carbons (Fsp3) is 0.643. The van der Waals surface area contributed by atoms with Crippen molar-refractivity contribution in [1.82, 2.24) is 4.90 Å². The van der Waals surface area contributed by atoms with Crippen LogP contribution >= 0.6 is 11.8 Å². The maximum atomic E-state index is 11.4. The Labute approximate surface area is 133 Å². The molecule has 22 heavy (non-hydrogen) atoms. The first kappa shape index (κ1) is 18.5. The summed E-state index contributed by atoms with van der Waals surface area (Å²) >= 11 is 1.24. The number of fused-ring (bicyclic) bond motifs is 1. The van der Waals surface area contributed by atoms with E-state index in [9.17, 15) is 19.5 Å². The maximum absolute atomic E-state index is 11.4. The normalized spacial score (nSPS) is 29.2. The molecule has 0 aromatic carbocycles. The molecule has 2 aliphatic rings. The number of amides is 1. The zero-order valence-electron chi connectivity index (χ0n) is 13.2. The van der Waals surface area contributed by atoms with Crippen LogP contribution in [0.3, 0.4) is 0 Å². The van der Waals surface area contributed by atoms with Crippen molar-refractivity contribution in [3.05, 3.63) is 12.2 Å². The summed E-state index contributed by atoms with van der Waals surface area (Å²) in [6.45, 7) is 11.7. The van der Waals surface area contributed by atoms with Crippen molar-refractivity contribution < 1.29 is 29.7 Å². The van der Waals surface area contributed by atoms with Crippen LogP contribution in [0.4, 0.5) is 0 Å². The van der Waals surface area contributed by atoms with Crippen LogP contribution in [0.1, 0.15) is 34.6 Å². The van der Waals surface area contributed by atoms with Crippen LogP contribution in [0, 0.1) is 5.41 Å². The lowest BCUT2D eigenvalue weighted by molar-refractivity contribution is -0.195. The fourth-order valence-corrected chi connectivity index (χ4v) is 3.41. The molecule has 0 bridgehead atoms. The molecule has 124 valence electrons. The highest BCUT2D eigenvalue weighted by Gasteiger charge is 2.70. The van der Waals surface area contributed by atoms with Gasteiger partial charge in [-0.15, -0.1) is 11.8 Å². The second-order valence-corrected chi connectivity index (χ2v) is 8.42. The van der Waals surface area contributed by atoms with Gasteiger partial charge >= 0.3 is 11.9 Å². The van der Waals surface area contributed by atoms with Gasteiger partial charge in [-0.2, -0.15) is 0 Å². The summed E-state index contributed by atoms with van der Waals surface area (Å²) in [6.07, 6.45) is 0. The Morgan fingerprint density at radius 1 is 1.27 bits per heavy atom. The monoisotopic (exact) mass is 331 g/mol. The van der Waals surface area contributed by atoms with Crippen LogP contribution in [-0.4, -0.2) is 53.9 Å². The fourth-order valence-electron chi connectivity index (χ4n) is 1.91. The lowest BCUT2D eigenvalue weighted by atomic mass is 9.92. The summed E-state index contributed by atoms with van der Waals surface area (Å²) in [6, 6.07) is 0. The molecule has 0 aliphatic carbocycles. The number of aliphatic carboxylic acids is 2. The number of hydrogen-bond acceptors (Lipinski definition) is 5. The molecule has 3 N–H and O–H groups in total. The number of carboxylic acids is 2. The number of carbonyl (C=O) groups excluding carboxylic acids is 1. The third kappa shape index (κ3) is 2.61. The minimum absolute atomic E-state index is 0.352. The van der Waals surface area contributed by atoms with Gasteiger partial charge in [-0.3, -0.25) is 14.5 Å². The number of carbonyl (C=O) groups is 3. The Morgan fingerprint density at radius 3 is 2.00 bits per heavy atom. The number of rotatable bonds is 1. The molecule has 0 aromatic rings. The molecule has 0 saturated carbocycles. The van der Waals surface area contributed by atoms with E-state index < -0.39 is 39.1 Å². The Kier molecular flexibility index (Phi) is 4.44. The largest absolute Gasteiger partial charge is 0.481 e. The molecular formula is C14H21NO6S. The van der Waals surface area contributed by atoms with Gasteiger partial charge in [0.1, 0.15) is 5.37 Å². The quantitative estimate of drug-likeness (QED) is 0.487. The lowest BCUT2D eigenvalue weighted by Gasteiger charge is -2.43. The van der Waals surface area contributed by atoms with Crippen LogP contribution in [0.15, 0.2) is 12.2 Å². The van der Waals surface area contributed by atoms with E-state index in [1.807, 2.05) is 0 Å². The zero-order chi connectivity index (χ0) is 17.7. The van der Waals surface area contributed by atoms with E-state index in [0.717, 1.165) is 4.90 Å². The standard InChI is InChI=1S/C9H11NO4S.C5H10O2/c1-4-5(11)10-6(4)15-8(2,3)9(10,14)7(12)13;1-5(2,3)4(6)7/h6,14H,1H2,2-3H3,(H,12,13);1-3H3,(H,6,7)/t6-,9+;/m1./s1. The molecule has 2 atom stereocenters. The van der Waals surface area contributed by atoms with Gasteiger partial charge in [-0.25, -0.2) is 4.79 Å². The molecule has 0 radical (unpaired) electrons. The number of thioether (sulfide) groups is 1. The van der Waals surface area contributed by atoms with Gasteiger partial charge in [0.15, 0.2) is 0 Å². The predicted molar refractivity (Wildman–Crippen MR) is 81.1 cm³/mol. The Balaban J connectivity index is 0.000000295. The molecule has 2 heterocycles. The average Bonchev–Trinajstić information content (AvgIpc) is 2.55. The van der Waals surface area contributed by atoms with E-state index >= 15 is 0 Å². The number of nitrogens with zero attached hydrogens (tertiary/aromatic N) is 1. The Morgan fingerprint density at radius 2 is 1.68 bits per heavy atom. The molecule has 2 saturated heterocycles. The molecule has 7 nitrogen and oxygen atoms in total. The van der Waals surface area contributed by atoms with Gasteiger partial charge < -0.3 is 15.3 Å². The van der Waals surface area contributed by atoms with Crippen LogP contribution < -0.4 is 0 Å². The first-order valence-corrected chi connectivity index (χ1v) is 7.45. The third-order valence-electron chi connectivity index (χ3n) is 3.56. The molecule has 2 aliphatic heterocycles. The molecule has 2 fully saturated rings. The van der Waals surface area contributed by atoms with Gasteiger partial charge in [0.05, 0.1) is 10.2 Å². The topological polar surface area (TPSA) is 115 Å². The summed E-state index contributed by atoms with van der Waals surface area (Å²) in [4.78, 5) is 33.5. The van der Waals surface area contributed by atoms with Crippen molar-refractivity contribution in [2.45, 2.75) is 50.5 Å². The van der Waals surface area contributed by atoms with E-state index in [1.54, 1.807) is 34.6 Å². The summed E-state index contributed by atoms with van der Waals surface area (Å²) in [5, 5.41) is 27.0. The number of aliphatic hydroxyl groups is 1. The van der Waals surface area contributed by atoms with Crippen LogP contribution in [0.2, 0.25) is 0 Å². The van der Waals surface area contributed by atoms with Gasteiger partial charge in [-0.1, -0.05) is 6.58 Å². The van der Waals surface area contributed by atoms with Crippen molar-refractivity contribution in [3.63, 3.8) is 0 Å². The molecular weight excluding hydrogens is 310 g/mol. The second kappa shape index (κ2) is 5.27.